The standard InChI is InChI=1S/C18H36O2.Mg.Na.2HO3P/c1-2-3-4-5-6-7-8-9-10-11-12-13-14-15-16-17-18(19)20;;;2*1-4(2)3/h2-17H2,1H3,(H,19,20);;;2*(H,1,2,3)/q;+2;+1;;/p-1. The van der Waals surface area contributed by atoms with Crippen molar-refractivity contribution in [1.82, 2.24) is 0 Å². The number of unbranched alkanes of at least 4 members (excludes halogenated alkanes) is 14. The molecule has 0 aliphatic rings. The summed E-state index contributed by atoms with van der Waals surface area (Å²) in [6, 6.07) is 0. The molecule has 0 radical (unpaired) electrons. The molecule has 30 heavy (non-hydrogen) atoms. The molecule has 0 amide bonds. The fourth-order valence-electron chi connectivity index (χ4n) is 2.65. The molecule has 1 atom stereocenters. The average molecular weight is 491 g/mol. The normalized spacial score (nSPS) is 9.57. The van der Waals surface area contributed by atoms with Gasteiger partial charge in [-0.3, -0.25) is 4.79 Å². The molecule has 0 rings (SSSR count). The molecule has 0 aromatic carbocycles. The van der Waals surface area contributed by atoms with Crippen LogP contribution in [0.15, 0.2) is 0 Å². The molecule has 0 aromatic heterocycles. The van der Waals surface area contributed by atoms with Crippen molar-refractivity contribution in [1.29, 1.82) is 0 Å². The van der Waals surface area contributed by atoms with Gasteiger partial charge in [-0.2, -0.15) is 4.89 Å². The SMILES string of the molecule is CCCCCCCCCCCCCCCCCC(=O)O.O=[P+]([O-])O.O=[P+]([O-])[O-].[Mg+2].[Na+]. The van der Waals surface area contributed by atoms with Crippen molar-refractivity contribution in [3.05, 3.63) is 0 Å². The van der Waals surface area contributed by atoms with Crippen molar-refractivity contribution in [2.75, 3.05) is 0 Å². The summed E-state index contributed by atoms with van der Waals surface area (Å²) in [5.74, 6) is -0.653. The van der Waals surface area contributed by atoms with Gasteiger partial charge in [0.15, 0.2) is 0 Å². The van der Waals surface area contributed by atoms with Crippen molar-refractivity contribution >= 4 is 45.5 Å². The van der Waals surface area contributed by atoms with Gasteiger partial charge in [0.25, 0.3) is 8.25 Å². The van der Waals surface area contributed by atoms with Crippen LogP contribution in [-0.4, -0.2) is 39.0 Å². The van der Waals surface area contributed by atoms with Gasteiger partial charge in [0.05, 0.1) is 0 Å². The van der Waals surface area contributed by atoms with E-state index in [2.05, 4.69) is 6.92 Å². The second kappa shape index (κ2) is 37.6. The van der Waals surface area contributed by atoms with Crippen molar-refractivity contribution < 1.29 is 68.2 Å². The Kier molecular flexibility index (Phi) is 52.0. The number of carboxylic acids is 1. The van der Waals surface area contributed by atoms with Crippen LogP contribution in [0.25, 0.3) is 0 Å². The summed E-state index contributed by atoms with van der Waals surface area (Å²) in [6.45, 7) is 2.27. The van der Waals surface area contributed by atoms with E-state index in [4.69, 9.17) is 33.8 Å². The van der Waals surface area contributed by atoms with Gasteiger partial charge in [0.2, 0.25) is 0 Å². The van der Waals surface area contributed by atoms with Crippen LogP contribution in [0.4, 0.5) is 0 Å². The number of carbonyl (C=O) groups is 1. The summed E-state index contributed by atoms with van der Waals surface area (Å²) in [4.78, 5) is 42.9. The van der Waals surface area contributed by atoms with Gasteiger partial charge in [-0.05, 0) is 11.0 Å². The van der Waals surface area contributed by atoms with Crippen molar-refractivity contribution in [3.8, 4) is 0 Å². The van der Waals surface area contributed by atoms with Gasteiger partial charge < -0.3 is 19.8 Å². The van der Waals surface area contributed by atoms with Gasteiger partial charge in [0, 0.05) is 6.42 Å². The molecular formula is C18H37MgNaO8P2+2. The van der Waals surface area contributed by atoms with Crippen LogP contribution < -0.4 is 44.2 Å². The Hall–Kier alpha value is 1.28. The second-order valence-corrected chi connectivity index (χ2v) is 7.48. The minimum absolute atomic E-state index is 0. The third-order valence-corrected chi connectivity index (χ3v) is 3.99. The monoisotopic (exact) mass is 490 g/mol. The molecule has 2 N–H and O–H groups in total. The summed E-state index contributed by atoms with van der Waals surface area (Å²) >= 11 is 0. The van der Waals surface area contributed by atoms with Crippen molar-refractivity contribution in [3.63, 3.8) is 0 Å². The smallest absolute Gasteiger partial charge is 0.598 e. The first kappa shape index (κ1) is 41.5. The Morgan fingerprint density at radius 1 is 0.700 bits per heavy atom. The van der Waals surface area contributed by atoms with Crippen LogP contribution >= 0.6 is 16.5 Å². The summed E-state index contributed by atoms with van der Waals surface area (Å²) in [7, 11) is -6.49. The minimum atomic E-state index is -3.37. The van der Waals surface area contributed by atoms with Crippen molar-refractivity contribution in [2.45, 2.75) is 110 Å². The molecule has 0 aliphatic carbocycles. The van der Waals surface area contributed by atoms with E-state index < -0.39 is 22.5 Å². The zero-order valence-corrected chi connectivity index (χ0v) is 24.0. The predicted octanol–water partition coefficient (Wildman–Crippen LogP) is 0.317. The quantitative estimate of drug-likeness (QED) is 0.178. The number of aliphatic carboxylic acids is 1. The third-order valence-electron chi connectivity index (χ3n) is 3.99. The van der Waals surface area contributed by atoms with E-state index in [0.29, 0.717) is 6.42 Å². The summed E-state index contributed by atoms with van der Waals surface area (Å²) in [6.07, 6.45) is 20.2. The summed E-state index contributed by atoms with van der Waals surface area (Å²) < 4.78 is 17.1. The zero-order chi connectivity index (χ0) is 22.0. The molecule has 8 nitrogen and oxygen atoms in total. The van der Waals surface area contributed by atoms with Gasteiger partial charge >= 0.3 is 66.8 Å². The first-order valence-electron chi connectivity index (χ1n) is 10.1. The molecule has 12 heteroatoms. The molecule has 0 fully saturated rings. The zero-order valence-electron chi connectivity index (χ0n) is 18.8. The molecule has 0 saturated heterocycles. The number of rotatable bonds is 16. The van der Waals surface area contributed by atoms with Crippen LogP contribution in [0.5, 0.6) is 0 Å². The maximum atomic E-state index is 10.3. The number of hydrogen-bond donors (Lipinski definition) is 2. The van der Waals surface area contributed by atoms with Gasteiger partial charge in [0.1, 0.15) is 0 Å². The summed E-state index contributed by atoms with van der Waals surface area (Å²) in [5, 5.41) is 8.52. The minimum Gasteiger partial charge on any atom is -0.598 e. The molecule has 0 bridgehead atoms. The van der Waals surface area contributed by atoms with Crippen molar-refractivity contribution in [2.24, 2.45) is 0 Å². The van der Waals surface area contributed by atoms with Crippen LogP contribution in [-0.2, 0) is 13.9 Å². The Morgan fingerprint density at radius 2 is 0.900 bits per heavy atom. The first-order chi connectivity index (χ1) is 13.2. The Bertz CT molecular complexity index is 360. The molecule has 0 aromatic rings. The summed E-state index contributed by atoms with van der Waals surface area (Å²) in [5.41, 5.74) is 0. The van der Waals surface area contributed by atoms with E-state index in [1.165, 1.54) is 83.5 Å². The van der Waals surface area contributed by atoms with Crippen LogP contribution in [0.1, 0.15) is 110 Å². The first-order valence-corrected chi connectivity index (χ1v) is 12.3. The number of hydrogen-bond acceptors (Lipinski definition) is 6. The second-order valence-electron chi connectivity index (χ2n) is 6.55. The molecule has 168 valence electrons. The Balaban J connectivity index is -0.000000178. The van der Waals surface area contributed by atoms with E-state index >= 15 is 0 Å². The fraction of sp³-hybridized carbons (Fsp3) is 0.944. The average Bonchev–Trinajstić information content (AvgIpc) is 2.57. The van der Waals surface area contributed by atoms with Crippen LogP contribution in [0, 0.1) is 0 Å². The molecule has 0 saturated carbocycles. The number of carboxylic acid groups (broad SMARTS) is 1. The van der Waals surface area contributed by atoms with E-state index in [9.17, 15) is 4.79 Å². The largest absolute Gasteiger partial charge is 2.00 e. The molecule has 0 spiro atoms. The Morgan fingerprint density at radius 3 is 1.10 bits per heavy atom. The van der Waals surface area contributed by atoms with Crippen LogP contribution in [0.2, 0.25) is 0 Å². The maximum Gasteiger partial charge on any atom is 2.00 e. The maximum absolute atomic E-state index is 10.3. The Labute approximate surface area is 222 Å². The molecule has 0 aliphatic heterocycles. The van der Waals surface area contributed by atoms with Crippen LogP contribution in [0.3, 0.4) is 0 Å². The predicted molar refractivity (Wildman–Crippen MR) is 110 cm³/mol. The molecule has 0 heterocycles. The van der Waals surface area contributed by atoms with Gasteiger partial charge in [-0.1, -0.05) is 101 Å². The van der Waals surface area contributed by atoms with Gasteiger partial charge in [-0.15, -0.1) is 0 Å². The molecular weight excluding hydrogens is 453 g/mol. The van der Waals surface area contributed by atoms with E-state index in [1.807, 2.05) is 0 Å². The topological polar surface area (TPSA) is 161 Å². The van der Waals surface area contributed by atoms with E-state index in [-0.39, 0.29) is 52.6 Å². The van der Waals surface area contributed by atoms with Gasteiger partial charge in [-0.25, -0.2) is 0 Å². The third kappa shape index (κ3) is 70.1. The molecule has 1 unspecified atom stereocenters. The fourth-order valence-corrected chi connectivity index (χ4v) is 2.65. The van der Waals surface area contributed by atoms with E-state index in [0.717, 1.165) is 12.8 Å². The van der Waals surface area contributed by atoms with E-state index in [1.54, 1.807) is 0 Å².